The highest BCUT2D eigenvalue weighted by Gasteiger charge is 2.12. The topological polar surface area (TPSA) is 43.3 Å². The quantitative estimate of drug-likeness (QED) is 0.795. The predicted molar refractivity (Wildman–Crippen MR) is 96.6 cm³/mol. The number of amides is 1. The van der Waals surface area contributed by atoms with Gasteiger partial charge in [0.25, 0.3) is 5.91 Å². The highest BCUT2D eigenvalue weighted by Crippen LogP contribution is 2.25. The molecule has 0 saturated carbocycles. The van der Waals surface area contributed by atoms with E-state index in [0.717, 1.165) is 22.2 Å². The monoisotopic (exact) mass is 322 g/mol. The van der Waals surface area contributed by atoms with Gasteiger partial charge < -0.3 is 14.6 Å². The van der Waals surface area contributed by atoms with Gasteiger partial charge in [0.1, 0.15) is 5.75 Å². The van der Waals surface area contributed by atoms with Crippen molar-refractivity contribution in [1.82, 2.24) is 9.88 Å². The normalized spacial score (nSPS) is 10.8. The molecule has 3 aromatic rings. The Bertz CT molecular complexity index is 892. The molecule has 0 atom stereocenters. The van der Waals surface area contributed by atoms with Crippen LogP contribution in [0.3, 0.4) is 0 Å². The van der Waals surface area contributed by atoms with Crippen LogP contribution in [0.2, 0.25) is 0 Å². The molecule has 0 aliphatic rings. The van der Waals surface area contributed by atoms with Crippen molar-refractivity contribution in [2.24, 2.45) is 7.05 Å². The summed E-state index contributed by atoms with van der Waals surface area (Å²) in [5.41, 5.74) is 5.32. The molecule has 0 spiro atoms. The molecule has 3 rings (SSSR count). The number of hydrogen-bond acceptors (Lipinski definition) is 2. The van der Waals surface area contributed by atoms with Crippen molar-refractivity contribution < 1.29 is 9.53 Å². The maximum atomic E-state index is 12.4. The van der Waals surface area contributed by atoms with Crippen LogP contribution in [0.25, 0.3) is 10.9 Å². The second-order valence-electron chi connectivity index (χ2n) is 6.03. The third-order valence-electron chi connectivity index (χ3n) is 4.68. The van der Waals surface area contributed by atoms with Crippen LogP contribution in [0.15, 0.2) is 42.5 Å². The maximum absolute atomic E-state index is 12.4. The molecule has 1 amide bonds. The number of methoxy groups -OCH3 is 1. The minimum absolute atomic E-state index is 0.0615. The third kappa shape index (κ3) is 2.87. The van der Waals surface area contributed by atoms with E-state index in [2.05, 4.69) is 23.7 Å². The van der Waals surface area contributed by atoms with Gasteiger partial charge in [-0.25, -0.2) is 0 Å². The molecule has 2 aromatic carbocycles. The number of benzene rings is 2. The predicted octanol–water partition coefficient (Wildman–Crippen LogP) is 3.73. The minimum Gasteiger partial charge on any atom is -0.497 e. The summed E-state index contributed by atoms with van der Waals surface area (Å²) < 4.78 is 7.29. The van der Waals surface area contributed by atoms with E-state index in [-0.39, 0.29) is 5.91 Å². The standard InChI is InChI=1S/C20H22N2O2/c1-13-14(2)22(3)19-10-7-16(11-18(13)19)20(23)21-12-15-5-8-17(24-4)9-6-15/h5-11H,12H2,1-4H3,(H,21,23). The summed E-state index contributed by atoms with van der Waals surface area (Å²) >= 11 is 0. The van der Waals surface area contributed by atoms with Crippen LogP contribution in [0.4, 0.5) is 0 Å². The summed E-state index contributed by atoms with van der Waals surface area (Å²) in [6.45, 7) is 4.68. The van der Waals surface area contributed by atoms with Crippen molar-refractivity contribution >= 4 is 16.8 Å². The number of ether oxygens (including phenoxy) is 1. The number of nitrogens with zero attached hydrogens (tertiary/aromatic N) is 1. The van der Waals surface area contributed by atoms with E-state index in [1.165, 1.54) is 11.3 Å². The molecule has 0 aliphatic carbocycles. The van der Waals surface area contributed by atoms with E-state index in [4.69, 9.17) is 4.74 Å². The molecule has 0 unspecified atom stereocenters. The molecule has 1 heterocycles. The first-order valence-electron chi connectivity index (χ1n) is 7.98. The van der Waals surface area contributed by atoms with Crippen LogP contribution in [0.1, 0.15) is 27.2 Å². The SMILES string of the molecule is COc1ccc(CNC(=O)c2ccc3c(c2)c(C)c(C)n3C)cc1. The molecule has 4 nitrogen and oxygen atoms in total. The molecule has 1 aromatic heterocycles. The smallest absolute Gasteiger partial charge is 0.251 e. The van der Waals surface area contributed by atoms with Crippen LogP contribution >= 0.6 is 0 Å². The molecule has 124 valence electrons. The molecule has 24 heavy (non-hydrogen) atoms. The van der Waals surface area contributed by atoms with Gasteiger partial charge in [-0.2, -0.15) is 0 Å². The van der Waals surface area contributed by atoms with Crippen molar-refractivity contribution in [3.63, 3.8) is 0 Å². The summed E-state index contributed by atoms with van der Waals surface area (Å²) in [4.78, 5) is 12.4. The Morgan fingerprint density at radius 2 is 1.83 bits per heavy atom. The Hall–Kier alpha value is -2.75. The van der Waals surface area contributed by atoms with Gasteiger partial charge in [0.05, 0.1) is 7.11 Å². The molecule has 0 radical (unpaired) electrons. The van der Waals surface area contributed by atoms with E-state index in [9.17, 15) is 4.79 Å². The average molecular weight is 322 g/mol. The van der Waals surface area contributed by atoms with Crippen LogP contribution in [0, 0.1) is 13.8 Å². The summed E-state index contributed by atoms with van der Waals surface area (Å²) in [7, 11) is 3.69. The van der Waals surface area contributed by atoms with Crippen LogP contribution in [0.5, 0.6) is 5.75 Å². The minimum atomic E-state index is -0.0615. The summed E-state index contributed by atoms with van der Waals surface area (Å²) in [5, 5.41) is 4.10. The number of hydrogen-bond donors (Lipinski definition) is 1. The first-order valence-corrected chi connectivity index (χ1v) is 7.98. The summed E-state index contributed by atoms with van der Waals surface area (Å²) in [6, 6.07) is 13.6. The highest BCUT2D eigenvalue weighted by molar-refractivity contribution is 5.99. The lowest BCUT2D eigenvalue weighted by Gasteiger charge is -2.07. The first-order chi connectivity index (χ1) is 11.5. The number of aryl methyl sites for hydroxylation is 2. The summed E-state index contributed by atoms with van der Waals surface area (Å²) in [6.07, 6.45) is 0. The Morgan fingerprint density at radius 3 is 2.50 bits per heavy atom. The fraction of sp³-hybridized carbons (Fsp3) is 0.250. The lowest BCUT2D eigenvalue weighted by Crippen LogP contribution is -2.22. The van der Waals surface area contributed by atoms with Crippen molar-refractivity contribution in [3.8, 4) is 5.75 Å². The average Bonchev–Trinajstić information content (AvgIpc) is 2.84. The van der Waals surface area contributed by atoms with Crippen molar-refractivity contribution in [1.29, 1.82) is 0 Å². The largest absolute Gasteiger partial charge is 0.497 e. The zero-order valence-corrected chi connectivity index (χ0v) is 14.5. The Morgan fingerprint density at radius 1 is 1.12 bits per heavy atom. The van der Waals surface area contributed by atoms with Crippen LogP contribution < -0.4 is 10.1 Å². The number of nitrogens with one attached hydrogen (secondary N) is 1. The Balaban J connectivity index is 1.77. The molecule has 4 heteroatoms. The zero-order chi connectivity index (χ0) is 17.3. The molecule has 0 fully saturated rings. The fourth-order valence-corrected chi connectivity index (χ4v) is 2.93. The number of aromatic nitrogens is 1. The molecule has 0 aliphatic heterocycles. The highest BCUT2D eigenvalue weighted by atomic mass is 16.5. The molecule has 0 saturated heterocycles. The van der Waals surface area contributed by atoms with Crippen molar-refractivity contribution in [2.75, 3.05) is 7.11 Å². The second kappa shape index (κ2) is 6.40. The van der Waals surface area contributed by atoms with E-state index >= 15 is 0 Å². The van der Waals surface area contributed by atoms with Gasteiger partial charge in [0.2, 0.25) is 0 Å². The summed E-state index contributed by atoms with van der Waals surface area (Å²) in [5.74, 6) is 0.749. The van der Waals surface area contributed by atoms with Gasteiger partial charge in [-0.3, -0.25) is 4.79 Å². The van der Waals surface area contributed by atoms with Gasteiger partial charge >= 0.3 is 0 Å². The molecule has 0 bridgehead atoms. The number of rotatable bonds is 4. The molecular weight excluding hydrogens is 300 g/mol. The van der Waals surface area contributed by atoms with Crippen LogP contribution in [-0.4, -0.2) is 17.6 Å². The van der Waals surface area contributed by atoms with Crippen LogP contribution in [-0.2, 0) is 13.6 Å². The maximum Gasteiger partial charge on any atom is 0.251 e. The second-order valence-corrected chi connectivity index (χ2v) is 6.03. The zero-order valence-electron chi connectivity index (χ0n) is 14.5. The van der Waals surface area contributed by atoms with E-state index in [1.807, 2.05) is 49.5 Å². The number of fused-ring (bicyclic) bond motifs is 1. The van der Waals surface area contributed by atoms with Gasteiger partial charge in [0.15, 0.2) is 0 Å². The fourth-order valence-electron chi connectivity index (χ4n) is 2.93. The lowest BCUT2D eigenvalue weighted by molar-refractivity contribution is 0.0951. The molecular formula is C20H22N2O2. The van der Waals surface area contributed by atoms with Gasteiger partial charge in [-0.05, 0) is 55.3 Å². The third-order valence-corrected chi connectivity index (χ3v) is 4.68. The van der Waals surface area contributed by atoms with Gasteiger partial charge in [-0.1, -0.05) is 12.1 Å². The van der Waals surface area contributed by atoms with E-state index in [1.54, 1.807) is 7.11 Å². The van der Waals surface area contributed by atoms with Gasteiger partial charge in [0, 0.05) is 35.8 Å². The number of carbonyl (C=O) groups is 1. The van der Waals surface area contributed by atoms with E-state index < -0.39 is 0 Å². The Labute approximate surface area is 142 Å². The van der Waals surface area contributed by atoms with Gasteiger partial charge in [-0.15, -0.1) is 0 Å². The molecule has 1 N–H and O–H groups in total. The van der Waals surface area contributed by atoms with Crippen molar-refractivity contribution in [3.05, 3.63) is 64.8 Å². The van der Waals surface area contributed by atoms with Crippen molar-refractivity contribution in [2.45, 2.75) is 20.4 Å². The van der Waals surface area contributed by atoms with E-state index in [0.29, 0.717) is 12.1 Å². The first kappa shape index (κ1) is 16.1. The Kier molecular flexibility index (Phi) is 4.30. The lowest BCUT2D eigenvalue weighted by atomic mass is 10.1. The number of carbonyl (C=O) groups excluding carboxylic acids is 1.